The summed E-state index contributed by atoms with van der Waals surface area (Å²) in [6.45, 7) is 4.14. The molecule has 25 heavy (non-hydrogen) atoms. The molecule has 0 unspecified atom stereocenters. The van der Waals surface area contributed by atoms with Crippen molar-refractivity contribution in [1.82, 2.24) is 4.90 Å². The van der Waals surface area contributed by atoms with Crippen molar-refractivity contribution in [2.75, 3.05) is 7.05 Å². The van der Waals surface area contributed by atoms with E-state index in [0.717, 1.165) is 34.9 Å². The van der Waals surface area contributed by atoms with Crippen molar-refractivity contribution in [3.63, 3.8) is 0 Å². The topological polar surface area (TPSA) is 33.5 Å². The number of amides is 1. The van der Waals surface area contributed by atoms with Gasteiger partial charge in [-0.05, 0) is 48.9 Å². The number of likely N-dealkylation sites (N-methyl/N-ethyl adjacent to an activating group) is 1. The molecular formula is C22H23NO2. The summed E-state index contributed by atoms with van der Waals surface area (Å²) in [4.78, 5) is 14.8. The Morgan fingerprint density at radius 3 is 2.84 bits per heavy atom. The van der Waals surface area contributed by atoms with E-state index in [0.29, 0.717) is 6.42 Å². The number of hydrogen-bond donors (Lipinski definition) is 0. The molecule has 3 nitrogen and oxygen atoms in total. The first-order chi connectivity index (χ1) is 12.1. The number of aryl methyl sites for hydroxylation is 3. The van der Waals surface area contributed by atoms with E-state index in [1.807, 2.05) is 11.9 Å². The van der Waals surface area contributed by atoms with E-state index in [1.54, 1.807) is 6.26 Å². The highest BCUT2D eigenvalue weighted by Crippen LogP contribution is 2.35. The minimum absolute atomic E-state index is 0.141. The second kappa shape index (κ2) is 6.07. The van der Waals surface area contributed by atoms with Gasteiger partial charge < -0.3 is 9.32 Å². The fraction of sp³-hybridized carbons (Fsp3) is 0.318. The first kappa shape index (κ1) is 15.9. The maximum Gasteiger partial charge on any atom is 0.227 e. The second-order valence-corrected chi connectivity index (χ2v) is 7.08. The highest BCUT2D eigenvalue weighted by molar-refractivity contribution is 5.89. The van der Waals surface area contributed by atoms with E-state index in [-0.39, 0.29) is 11.9 Å². The number of hydrogen-bond acceptors (Lipinski definition) is 2. The highest BCUT2D eigenvalue weighted by atomic mass is 16.3. The van der Waals surface area contributed by atoms with Gasteiger partial charge in [0.2, 0.25) is 5.91 Å². The summed E-state index contributed by atoms with van der Waals surface area (Å²) >= 11 is 0. The Labute approximate surface area is 148 Å². The molecule has 1 aliphatic rings. The average molecular weight is 333 g/mol. The van der Waals surface area contributed by atoms with Gasteiger partial charge in [0.05, 0.1) is 18.7 Å². The van der Waals surface area contributed by atoms with Gasteiger partial charge in [-0.2, -0.15) is 0 Å². The number of furan rings is 1. The predicted octanol–water partition coefficient (Wildman–Crippen LogP) is 4.74. The van der Waals surface area contributed by atoms with E-state index < -0.39 is 0 Å². The molecule has 1 aromatic heterocycles. The molecule has 128 valence electrons. The van der Waals surface area contributed by atoms with Crippen molar-refractivity contribution in [3.8, 4) is 0 Å². The summed E-state index contributed by atoms with van der Waals surface area (Å²) in [5, 5.41) is 1.05. The zero-order valence-corrected chi connectivity index (χ0v) is 15.0. The standard InChI is InChI=1S/C22H23NO2/c1-14-8-10-19-17(13-25-22(19)15(14)2)12-21(24)23(3)20-11-9-16-6-4-5-7-18(16)20/h4-8,10,13,20H,9,11-12H2,1-3H3/t20-/m1/s1. The molecule has 0 radical (unpaired) electrons. The van der Waals surface area contributed by atoms with Crippen LogP contribution in [0, 0.1) is 13.8 Å². The molecule has 0 spiro atoms. The van der Waals surface area contributed by atoms with Crippen molar-refractivity contribution >= 4 is 16.9 Å². The van der Waals surface area contributed by atoms with Gasteiger partial charge in [0.1, 0.15) is 5.58 Å². The van der Waals surface area contributed by atoms with Crippen molar-refractivity contribution in [2.24, 2.45) is 0 Å². The lowest BCUT2D eigenvalue weighted by Gasteiger charge is -2.25. The van der Waals surface area contributed by atoms with Crippen molar-refractivity contribution in [1.29, 1.82) is 0 Å². The number of rotatable bonds is 3. The predicted molar refractivity (Wildman–Crippen MR) is 99.7 cm³/mol. The summed E-state index contributed by atoms with van der Waals surface area (Å²) in [6, 6.07) is 12.8. The quantitative estimate of drug-likeness (QED) is 0.694. The summed E-state index contributed by atoms with van der Waals surface area (Å²) in [7, 11) is 1.92. The summed E-state index contributed by atoms with van der Waals surface area (Å²) in [5.41, 5.74) is 6.89. The molecule has 1 atom stereocenters. The maximum absolute atomic E-state index is 12.9. The van der Waals surface area contributed by atoms with Crippen LogP contribution in [0.4, 0.5) is 0 Å². The lowest BCUT2D eigenvalue weighted by molar-refractivity contribution is -0.131. The second-order valence-electron chi connectivity index (χ2n) is 7.08. The minimum Gasteiger partial charge on any atom is -0.464 e. The van der Waals surface area contributed by atoms with Crippen LogP contribution >= 0.6 is 0 Å². The molecule has 0 saturated carbocycles. The number of nitrogens with zero attached hydrogens (tertiary/aromatic N) is 1. The van der Waals surface area contributed by atoms with Gasteiger partial charge in [-0.25, -0.2) is 0 Å². The van der Waals surface area contributed by atoms with Crippen LogP contribution in [-0.2, 0) is 17.6 Å². The zero-order chi connectivity index (χ0) is 17.6. The average Bonchev–Trinajstić information content (AvgIpc) is 3.22. The van der Waals surface area contributed by atoms with Gasteiger partial charge in [0.15, 0.2) is 0 Å². The molecule has 2 aromatic carbocycles. The van der Waals surface area contributed by atoms with Crippen LogP contribution < -0.4 is 0 Å². The Morgan fingerprint density at radius 2 is 2.00 bits per heavy atom. The lowest BCUT2D eigenvalue weighted by atomic mass is 10.0. The third kappa shape index (κ3) is 2.64. The monoisotopic (exact) mass is 333 g/mol. The number of fused-ring (bicyclic) bond motifs is 2. The van der Waals surface area contributed by atoms with Gasteiger partial charge in [-0.3, -0.25) is 4.79 Å². The van der Waals surface area contributed by atoms with Crippen LogP contribution in [-0.4, -0.2) is 17.9 Å². The largest absolute Gasteiger partial charge is 0.464 e. The fourth-order valence-electron chi connectivity index (χ4n) is 3.92. The van der Waals surface area contributed by atoms with Crippen molar-refractivity contribution in [3.05, 3.63) is 70.5 Å². The van der Waals surface area contributed by atoms with Crippen LogP contribution in [0.5, 0.6) is 0 Å². The van der Waals surface area contributed by atoms with E-state index in [4.69, 9.17) is 4.42 Å². The minimum atomic E-state index is 0.141. The first-order valence-electron chi connectivity index (χ1n) is 8.86. The van der Waals surface area contributed by atoms with Crippen molar-refractivity contribution in [2.45, 2.75) is 39.2 Å². The van der Waals surface area contributed by atoms with E-state index >= 15 is 0 Å². The molecule has 0 bridgehead atoms. The number of carbonyl (C=O) groups is 1. The lowest BCUT2D eigenvalue weighted by Crippen LogP contribution is -2.31. The SMILES string of the molecule is Cc1ccc2c(CC(=O)N(C)[C@@H]3CCc4ccccc43)coc2c1C. The molecule has 0 saturated heterocycles. The summed E-state index contributed by atoms with van der Waals surface area (Å²) in [6.07, 6.45) is 4.17. The normalized spacial score (nSPS) is 16.2. The third-order valence-electron chi connectivity index (χ3n) is 5.65. The van der Waals surface area contributed by atoms with Crippen LogP contribution in [0.15, 0.2) is 47.1 Å². The van der Waals surface area contributed by atoms with Gasteiger partial charge in [0, 0.05) is 18.0 Å². The summed E-state index contributed by atoms with van der Waals surface area (Å²) in [5.74, 6) is 0.141. The molecule has 3 aromatic rings. The molecule has 4 rings (SSSR count). The molecule has 0 fully saturated rings. The third-order valence-corrected chi connectivity index (χ3v) is 5.65. The number of carbonyl (C=O) groups excluding carboxylic acids is 1. The molecule has 1 heterocycles. The highest BCUT2D eigenvalue weighted by Gasteiger charge is 2.28. The Bertz CT molecular complexity index is 954. The first-order valence-corrected chi connectivity index (χ1v) is 8.86. The van der Waals surface area contributed by atoms with Crippen LogP contribution in [0.2, 0.25) is 0 Å². The summed E-state index contributed by atoms with van der Waals surface area (Å²) < 4.78 is 5.75. The molecule has 1 aliphatic carbocycles. The van der Waals surface area contributed by atoms with Crippen LogP contribution in [0.1, 0.15) is 40.3 Å². The number of benzene rings is 2. The maximum atomic E-state index is 12.9. The molecular weight excluding hydrogens is 310 g/mol. The fourth-order valence-corrected chi connectivity index (χ4v) is 3.92. The van der Waals surface area contributed by atoms with Crippen LogP contribution in [0.3, 0.4) is 0 Å². The Kier molecular flexibility index (Phi) is 3.87. The van der Waals surface area contributed by atoms with Crippen LogP contribution in [0.25, 0.3) is 11.0 Å². The van der Waals surface area contributed by atoms with Crippen molar-refractivity contribution < 1.29 is 9.21 Å². The van der Waals surface area contributed by atoms with E-state index in [1.165, 1.54) is 16.7 Å². The van der Waals surface area contributed by atoms with Gasteiger partial charge in [0.25, 0.3) is 0 Å². The Hall–Kier alpha value is -2.55. The zero-order valence-electron chi connectivity index (χ0n) is 15.0. The van der Waals surface area contributed by atoms with Gasteiger partial charge >= 0.3 is 0 Å². The van der Waals surface area contributed by atoms with Gasteiger partial charge in [-0.1, -0.05) is 36.4 Å². The molecule has 0 N–H and O–H groups in total. The molecule has 3 heteroatoms. The molecule has 1 amide bonds. The van der Waals surface area contributed by atoms with E-state index in [2.05, 4.69) is 50.2 Å². The molecule has 0 aliphatic heterocycles. The van der Waals surface area contributed by atoms with Gasteiger partial charge in [-0.15, -0.1) is 0 Å². The smallest absolute Gasteiger partial charge is 0.227 e. The Morgan fingerprint density at radius 1 is 1.20 bits per heavy atom. The van der Waals surface area contributed by atoms with E-state index in [9.17, 15) is 4.79 Å². The Balaban J connectivity index is 1.58.